The van der Waals surface area contributed by atoms with Crippen molar-refractivity contribution in [3.05, 3.63) is 0 Å². The summed E-state index contributed by atoms with van der Waals surface area (Å²) >= 11 is 0. The van der Waals surface area contributed by atoms with Crippen molar-refractivity contribution >= 4 is 11.9 Å². The quantitative estimate of drug-likeness (QED) is 0.688. The summed E-state index contributed by atoms with van der Waals surface area (Å²) in [5, 5.41) is 4.99. The number of amides is 3. The molecule has 4 heteroatoms. The van der Waals surface area contributed by atoms with Crippen LogP contribution in [0, 0.1) is 5.41 Å². The maximum absolute atomic E-state index is 11.6. The van der Waals surface area contributed by atoms with Crippen LogP contribution in [-0.4, -0.2) is 18.5 Å². The van der Waals surface area contributed by atoms with Gasteiger partial charge in [0.05, 0.1) is 5.41 Å². The number of hydrogen-bond donors (Lipinski definition) is 2. The lowest BCUT2D eigenvalue weighted by Gasteiger charge is -2.34. The zero-order chi connectivity index (χ0) is 9.90. The van der Waals surface area contributed by atoms with Gasteiger partial charge in [0.15, 0.2) is 0 Å². The molecule has 0 aromatic heterocycles. The lowest BCUT2D eigenvalue weighted by molar-refractivity contribution is -0.131. The van der Waals surface area contributed by atoms with Crippen molar-refractivity contribution < 1.29 is 9.59 Å². The average molecular weight is 184 g/mol. The highest BCUT2D eigenvalue weighted by molar-refractivity contribution is 5.99. The predicted octanol–water partition coefficient (Wildman–Crippen LogP) is 1.02. The highest BCUT2D eigenvalue weighted by atomic mass is 16.2. The summed E-state index contributed by atoms with van der Waals surface area (Å²) in [6, 6.07) is -0.370. The number of carbonyl (C=O) groups excluding carboxylic acids is 2. The smallest absolute Gasteiger partial charge is 0.321 e. The zero-order valence-electron chi connectivity index (χ0n) is 8.14. The van der Waals surface area contributed by atoms with Crippen LogP contribution in [0.25, 0.3) is 0 Å². The molecule has 0 aromatic rings. The first-order valence-electron chi connectivity index (χ1n) is 4.74. The molecular formula is C9H16N2O2. The van der Waals surface area contributed by atoms with E-state index in [4.69, 9.17) is 0 Å². The van der Waals surface area contributed by atoms with Crippen molar-refractivity contribution in [2.24, 2.45) is 5.41 Å². The third-order valence-corrected chi connectivity index (χ3v) is 2.70. The first-order valence-corrected chi connectivity index (χ1v) is 4.74. The average Bonchev–Trinajstić information content (AvgIpc) is 2.11. The van der Waals surface area contributed by atoms with E-state index < -0.39 is 0 Å². The number of rotatable bonds is 3. The van der Waals surface area contributed by atoms with Gasteiger partial charge in [-0.2, -0.15) is 0 Å². The highest BCUT2D eigenvalue weighted by Gasteiger charge is 2.40. The molecule has 0 aliphatic carbocycles. The van der Waals surface area contributed by atoms with Crippen LogP contribution in [0.5, 0.6) is 0 Å². The Morgan fingerprint density at radius 3 is 2.54 bits per heavy atom. The number of carbonyl (C=O) groups is 2. The van der Waals surface area contributed by atoms with E-state index in [0.717, 1.165) is 19.3 Å². The maximum Gasteiger partial charge on any atom is 0.321 e. The van der Waals surface area contributed by atoms with Gasteiger partial charge in [0.2, 0.25) is 5.91 Å². The Kier molecular flexibility index (Phi) is 2.90. The Bertz CT molecular complexity index is 228. The van der Waals surface area contributed by atoms with Gasteiger partial charge in [-0.25, -0.2) is 4.79 Å². The van der Waals surface area contributed by atoms with E-state index >= 15 is 0 Å². The molecule has 0 unspecified atom stereocenters. The molecule has 74 valence electrons. The molecule has 2 N–H and O–H groups in total. The van der Waals surface area contributed by atoms with Crippen molar-refractivity contribution in [1.29, 1.82) is 0 Å². The highest BCUT2D eigenvalue weighted by Crippen LogP contribution is 2.29. The number of imide groups is 1. The van der Waals surface area contributed by atoms with E-state index in [1.165, 1.54) is 0 Å². The molecule has 0 saturated carbocycles. The molecule has 1 atom stereocenters. The summed E-state index contributed by atoms with van der Waals surface area (Å²) in [6.45, 7) is 4.50. The van der Waals surface area contributed by atoms with E-state index in [-0.39, 0.29) is 17.4 Å². The van der Waals surface area contributed by atoms with E-state index in [0.29, 0.717) is 6.54 Å². The monoisotopic (exact) mass is 184 g/mol. The van der Waals surface area contributed by atoms with Gasteiger partial charge in [-0.3, -0.25) is 10.1 Å². The van der Waals surface area contributed by atoms with Gasteiger partial charge in [-0.05, 0) is 12.8 Å². The summed E-state index contributed by atoms with van der Waals surface area (Å²) in [7, 11) is 0. The van der Waals surface area contributed by atoms with Crippen LogP contribution < -0.4 is 10.6 Å². The first kappa shape index (κ1) is 10.0. The molecule has 1 aliphatic rings. The van der Waals surface area contributed by atoms with Crippen LogP contribution in [0.3, 0.4) is 0 Å². The number of nitrogens with one attached hydrogen (secondary N) is 2. The van der Waals surface area contributed by atoms with Crippen LogP contribution in [0.2, 0.25) is 0 Å². The van der Waals surface area contributed by atoms with E-state index in [9.17, 15) is 9.59 Å². The van der Waals surface area contributed by atoms with E-state index in [1.807, 2.05) is 13.8 Å². The minimum atomic E-state index is -0.372. The van der Waals surface area contributed by atoms with E-state index in [2.05, 4.69) is 10.6 Å². The van der Waals surface area contributed by atoms with Gasteiger partial charge >= 0.3 is 6.03 Å². The van der Waals surface area contributed by atoms with Gasteiger partial charge in [0.25, 0.3) is 0 Å². The van der Waals surface area contributed by atoms with Crippen molar-refractivity contribution in [2.75, 3.05) is 6.54 Å². The Balaban J connectivity index is 2.74. The molecule has 1 aliphatic heterocycles. The first-order chi connectivity index (χ1) is 6.14. The fourth-order valence-electron chi connectivity index (χ4n) is 1.75. The molecule has 0 bridgehead atoms. The van der Waals surface area contributed by atoms with Gasteiger partial charge in [0.1, 0.15) is 0 Å². The van der Waals surface area contributed by atoms with Crippen molar-refractivity contribution in [1.82, 2.24) is 10.6 Å². The fraction of sp³-hybridized carbons (Fsp3) is 0.778. The fourth-order valence-corrected chi connectivity index (χ4v) is 1.75. The lowest BCUT2D eigenvalue weighted by atomic mass is 9.79. The van der Waals surface area contributed by atoms with Crippen molar-refractivity contribution in [2.45, 2.75) is 33.1 Å². The maximum atomic E-state index is 11.6. The summed E-state index contributed by atoms with van der Waals surface area (Å²) < 4.78 is 0. The molecular weight excluding hydrogens is 168 g/mol. The van der Waals surface area contributed by atoms with Crippen LogP contribution in [0.4, 0.5) is 4.79 Å². The molecule has 1 rings (SSSR count). The second kappa shape index (κ2) is 3.77. The third-order valence-electron chi connectivity index (χ3n) is 2.70. The minimum absolute atomic E-state index is 0.124. The Morgan fingerprint density at radius 1 is 1.38 bits per heavy atom. The topological polar surface area (TPSA) is 58.2 Å². The summed E-state index contributed by atoms with van der Waals surface area (Å²) in [6.07, 6.45) is 2.56. The molecule has 0 aromatic carbocycles. The number of urea groups is 1. The van der Waals surface area contributed by atoms with Gasteiger partial charge < -0.3 is 5.32 Å². The Hall–Kier alpha value is -1.06. The minimum Gasteiger partial charge on any atom is -0.337 e. The third kappa shape index (κ3) is 1.82. The van der Waals surface area contributed by atoms with Crippen molar-refractivity contribution in [3.63, 3.8) is 0 Å². The molecule has 1 fully saturated rings. The largest absolute Gasteiger partial charge is 0.337 e. The van der Waals surface area contributed by atoms with Gasteiger partial charge in [0, 0.05) is 6.54 Å². The van der Waals surface area contributed by atoms with E-state index in [1.54, 1.807) is 0 Å². The lowest BCUT2D eigenvalue weighted by Crippen LogP contribution is -2.58. The second-order valence-corrected chi connectivity index (χ2v) is 3.52. The van der Waals surface area contributed by atoms with Crippen LogP contribution in [0.1, 0.15) is 33.1 Å². The second-order valence-electron chi connectivity index (χ2n) is 3.52. The zero-order valence-corrected chi connectivity index (χ0v) is 8.14. The number of hydrogen-bond acceptors (Lipinski definition) is 2. The Morgan fingerprint density at radius 2 is 2.08 bits per heavy atom. The molecule has 3 amide bonds. The molecule has 4 nitrogen and oxygen atoms in total. The molecule has 1 heterocycles. The predicted molar refractivity (Wildman–Crippen MR) is 49.2 cm³/mol. The van der Waals surface area contributed by atoms with Crippen molar-refractivity contribution in [3.8, 4) is 0 Å². The van der Waals surface area contributed by atoms with Crippen LogP contribution in [-0.2, 0) is 4.79 Å². The van der Waals surface area contributed by atoms with Gasteiger partial charge in [-0.1, -0.05) is 20.3 Å². The normalized spacial score (nSPS) is 28.2. The SMILES string of the molecule is CCC[C@@]1(CC)CNC(=O)NC1=O. The molecule has 0 radical (unpaired) electrons. The standard InChI is InChI=1S/C9H16N2O2/c1-3-5-9(4-2)6-10-8(13)11-7(9)12/h3-6H2,1-2H3,(H2,10,11,12,13)/t9-/m0/s1. The Labute approximate surface area is 78.1 Å². The molecule has 0 spiro atoms. The summed E-state index contributed by atoms with van der Waals surface area (Å²) in [5.41, 5.74) is -0.372. The summed E-state index contributed by atoms with van der Waals surface area (Å²) in [5.74, 6) is -0.124. The molecule has 13 heavy (non-hydrogen) atoms. The molecule has 1 saturated heterocycles. The summed E-state index contributed by atoms with van der Waals surface area (Å²) in [4.78, 5) is 22.4. The van der Waals surface area contributed by atoms with Crippen LogP contribution in [0.15, 0.2) is 0 Å². The van der Waals surface area contributed by atoms with Gasteiger partial charge in [-0.15, -0.1) is 0 Å². The van der Waals surface area contributed by atoms with Crippen LogP contribution >= 0.6 is 0 Å².